The molecular formula is C10H12BF3O3. The third-order valence-corrected chi connectivity index (χ3v) is 2.08. The Labute approximate surface area is 97.0 Å². The highest BCUT2D eigenvalue weighted by Gasteiger charge is 2.26. The SMILES string of the molecule is OB(O)c1ccc(COCCC(F)(F)F)cc1. The lowest BCUT2D eigenvalue weighted by atomic mass is 9.80. The molecule has 0 saturated carbocycles. The molecule has 0 unspecified atom stereocenters. The Morgan fingerprint density at radius 2 is 1.71 bits per heavy atom. The molecule has 0 aliphatic heterocycles. The summed E-state index contributed by atoms with van der Waals surface area (Å²) in [4.78, 5) is 0. The minimum Gasteiger partial charge on any atom is -0.423 e. The van der Waals surface area contributed by atoms with Crippen LogP contribution in [-0.2, 0) is 11.3 Å². The molecule has 0 fully saturated rings. The molecule has 0 heterocycles. The van der Waals surface area contributed by atoms with Crippen molar-refractivity contribution < 1.29 is 28.0 Å². The number of benzene rings is 1. The van der Waals surface area contributed by atoms with Crippen LogP contribution in [-0.4, -0.2) is 29.9 Å². The molecule has 1 aromatic rings. The van der Waals surface area contributed by atoms with Gasteiger partial charge < -0.3 is 14.8 Å². The minimum absolute atomic E-state index is 0.0673. The highest BCUT2D eigenvalue weighted by molar-refractivity contribution is 6.58. The molecule has 3 nitrogen and oxygen atoms in total. The van der Waals surface area contributed by atoms with Crippen LogP contribution in [0.2, 0.25) is 0 Å². The molecule has 17 heavy (non-hydrogen) atoms. The van der Waals surface area contributed by atoms with E-state index in [2.05, 4.69) is 0 Å². The predicted molar refractivity (Wildman–Crippen MR) is 56.6 cm³/mol. The second-order valence-corrected chi connectivity index (χ2v) is 3.53. The first-order chi connectivity index (χ1) is 7.88. The van der Waals surface area contributed by atoms with Crippen molar-refractivity contribution in [3.05, 3.63) is 29.8 Å². The summed E-state index contributed by atoms with van der Waals surface area (Å²) in [7, 11) is -1.55. The highest BCUT2D eigenvalue weighted by atomic mass is 19.4. The fourth-order valence-electron chi connectivity index (χ4n) is 1.16. The molecule has 0 aromatic heterocycles. The van der Waals surface area contributed by atoms with Gasteiger partial charge in [-0.05, 0) is 11.0 Å². The summed E-state index contributed by atoms with van der Waals surface area (Å²) in [5.41, 5.74) is 1.00. The molecule has 0 bridgehead atoms. The van der Waals surface area contributed by atoms with E-state index in [1.165, 1.54) is 12.1 Å². The Kier molecular flexibility index (Phi) is 4.98. The standard InChI is InChI=1S/C10H12BF3O3/c12-10(13,14)5-6-17-7-8-1-3-9(4-2-8)11(15)16/h1-4,15-16H,5-7H2. The molecule has 94 valence electrons. The van der Waals surface area contributed by atoms with Crippen LogP contribution >= 0.6 is 0 Å². The molecule has 0 aliphatic rings. The molecule has 0 radical (unpaired) electrons. The van der Waals surface area contributed by atoms with Gasteiger partial charge in [-0.25, -0.2) is 0 Å². The molecule has 0 amide bonds. The van der Waals surface area contributed by atoms with E-state index < -0.39 is 19.7 Å². The molecule has 7 heteroatoms. The normalized spacial score (nSPS) is 11.6. The van der Waals surface area contributed by atoms with Gasteiger partial charge in [0.15, 0.2) is 0 Å². The van der Waals surface area contributed by atoms with Crippen molar-refractivity contribution in [3.63, 3.8) is 0 Å². The van der Waals surface area contributed by atoms with Crippen molar-refractivity contribution in [1.29, 1.82) is 0 Å². The van der Waals surface area contributed by atoms with E-state index in [9.17, 15) is 13.2 Å². The minimum atomic E-state index is -4.20. The molecule has 0 atom stereocenters. The van der Waals surface area contributed by atoms with Crippen LogP contribution in [0.1, 0.15) is 12.0 Å². The Balaban J connectivity index is 2.33. The molecule has 1 rings (SSSR count). The lowest BCUT2D eigenvalue weighted by molar-refractivity contribution is -0.146. The van der Waals surface area contributed by atoms with Crippen LogP contribution in [0.15, 0.2) is 24.3 Å². The summed E-state index contributed by atoms with van der Waals surface area (Å²) in [6, 6.07) is 6.10. The zero-order valence-corrected chi connectivity index (χ0v) is 8.94. The highest BCUT2D eigenvalue weighted by Crippen LogP contribution is 2.19. The van der Waals surface area contributed by atoms with Crippen LogP contribution in [0.25, 0.3) is 0 Å². The van der Waals surface area contributed by atoms with Crippen LogP contribution in [0.3, 0.4) is 0 Å². The van der Waals surface area contributed by atoms with Gasteiger partial charge in [0, 0.05) is 0 Å². The van der Waals surface area contributed by atoms with Crippen molar-refractivity contribution >= 4 is 12.6 Å². The Bertz CT molecular complexity index is 338. The predicted octanol–water partition coefficient (Wildman–Crippen LogP) is 0.835. The second-order valence-electron chi connectivity index (χ2n) is 3.53. The topological polar surface area (TPSA) is 49.7 Å². The summed E-state index contributed by atoms with van der Waals surface area (Å²) in [5, 5.41) is 17.6. The van der Waals surface area contributed by atoms with Crippen LogP contribution < -0.4 is 5.46 Å². The van der Waals surface area contributed by atoms with E-state index in [1.54, 1.807) is 12.1 Å². The number of hydrogen-bond acceptors (Lipinski definition) is 3. The average molecular weight is 248 g/mol. The zero-order valence-electron chi connectivity index (χ0n) is 8.94. The number of hydrogen-bond donors (Lipinski definition) is 2. The van der Waals surface area contributed by atoms with Gasteiger partial charge in [0.2, 0.25) is 0 Å². The van der Waals surface area contributed by atoms with Crippen molar-refractivity contribution in [3.8, 4) is 0 Å². The lowest BCUT2D eigenvalue weighted by Crippen LogP contribution is -2.29. The summed E-state index contributed by atoms with van der Waals surface area (Å²) >= 11 is 0. The largest absolute Gasteiger partial charge is 0.488 e. The first-order valence-corrected chi connectivity index (χ1v) is 4.98. The molecule has 0 saturated heterocycles. The first kappa shape index (κ1) is 14.0. The molecular weight excluding hydrogens is 236 g/mol. The van der Waals surface area contributed by atoms with Gasteiger partial charge in [-0.3, -0.25) is 0 Å². The third kappa shape index (κ3) is 5.72. The van der Waals surface area contributed by atoms with Gasteiger partial charge in [-0.2, -0.15) is 13.2 Å². The number of ether oxygens (including phenoxy) is 1. The van der Waals surface area contributed by atoms with Gasteiger partial charge in [0.25, 0.3) is 0 Å². The monoisotopic (exact) mass is 248 g/mol. The van der Waals surface area contributed by atoms with Crippen molar-refractivity contribution in [2.75, 3.05) is 6.61 Å². The van der Waals surface area contributed by atoms with E-state index >= 15 is 0 Å². The molecule has 2 N–H and O–H groups in total. The molecule has 1 aromatic carbocycles. The Morgan fingerprint density at radius 3 is 2.18 bits per heavy atom. The van der Waals surface area contributed by atoms with Crippen LogP contribution in [0.4, 0.5) is 13.2 Å². The quantitative estimate of drug-likeness (QED) is 0.599. The van der Waals surface area contributed by atoms with Crippen LogP contribution in [0, 0.1) is 0 Å². The summed E-state index contributed by atoms with van der Waals surface area (Å²) in [5.74, 6) is 0. The van der Waals surface area contributed by atoms with E-state index in [1.807, 2.05) is 0 Å². The zero-order chi connectivity index (χ0) is 12.9. The first-order valence-electron chi connectivity index (χ1n) is 4.98. The molecule has 0 aliphatic carbocycles. The molecule has 0 spiro atoms. The average Bonchev–Trinajstić information content (AvgIpc) is 2.24. The van der Waals surface area contributed by atoms with Gasteiger partial charge in [-0.15, -0.1) is 0 Å². The van der Waals surface area contributed by atoms with Crippen molar-refractivity contribution in [2.45, 2.75) is 19.2 Å². The Morgan fingerprint density at radius 1 is 1.12 bits per heavy atom. The summed E-state index contributed by atoms with van der Waals surface area (Å²) < 4.78 is 40.2. The van der Waals surface area contributed by atoms with Gasteiger partial charge in [0.1, 0.15) is 0 Å². The summed E-state index contributed by atoms with van der Waals surface area (Å²) in [6.45, 7) is -0.314. The maximum absolute atomic E-state index is 11.8. The van der Waals surface area contributed by atoms with Crippen LogP contribution in [0.5, 0.6) is 0 Å². The van der Waals surface area contributed by atoms with E-state index in [4.69, 9.17) is 14.8 Å². The fraction of sp³-hybridized carbons (Fsp3) is 0.400. The Hall–Kier alpha value is -1.05. The number of alkyl halides is 3. The van der Waals surface area contributed by atoms with E-state index in [0.29, 0.717) is 11.0 Å². The maximum atomic E-state index is 11.8. The third-order valence-electron chi connectivity index (χ3n) is 2.08. The van der Waals surface area contributed by atoms with E-state index in [-0.39, 0.29) is 13.2 Å². The summed E-state index contributed by atoms with van der Waals surface area (Å²) in [6.07, 6.45) is -5.18. The maximum Gasteiger partial charge on any atom is 0.488 e. The van der Waals surface area contributed by atoms with E-state index in [0.717, 1.165) is 0 Å². The number of rotatable bonds is 5. The van der Waals surface area contributed by atoms with Crippen molar-refractivity contribution in [2.24, 2.45) is 0 Å². The van der Waals surface area contributed by atoms with Crippen molar-refractivity contribution in [1.82, 2.24) is 0 Å². The van der Waals surface area contributed by atoms with Gasteiger partial charge >= 0.3 is 13.3 Å². The number of halogens is 3. The second kappa shape index (κ2) is 6.04. The van der Waals surface area contributed by atoms with Gasteiger partial charge in [0.05, 0.1) is 19.6 Å². The van der Waals surface area contributed by atoms with Gasteiger partial charge in [-0.1, -0.05) is 24.3 Å². The fourth-order valence-corrected chi connectivity index (χ4v) is 1.16. The smallest absolute Gasteiger partial charge is 0.423 e. The lowest BCUT2D eigenvalue weighted by Gasteiger charge is -2.07.